The second kappa shape index (κ2) is 8.66. The summed E-state index contributed by atoms with van der Waals surface area (Å²) in [5.74, 6) is -0.493. The lowest BCUT2D eigenvalue weighted by atomic mass is 10.0. The molecule has 164 valence electrons. The third-order valence-corrected chi connectivity index (χ3v) is 5.58. The lowest BCUT2D eigenvalue weighted by molar-refractivity contribution is 0.0989. The Morgan fingerprint density at radius 1 is 1.23 bits per heavy atom. The van der Waals surface area contributed by atoms with Gasteiger partial charge in [0.15, 0.2) is 5.82 Å². The van der Waals surface area contributed by atoms with Crippen molar-refractivity contribution in [3.63, 3.8) is 0 Å². The van der Waals surface area contributed by atoms with E-state index in [4.69, 9.17) is 4.74 Å². The van der Waals surface area contributed by atoms with Crippen molar-refractivity contribution in [3.05, 3.63) is 53.1 Å². The molecule has 0 radical (unpaired) electrons. The van der Waals surface area contributed by atoms with Crippen molar-refractivity contribution in [2.24, 2.45) is 0 Å². The fraction of sp³-hybridized carbons (Fsp3) is 0.409. The van der Waals surface area contributed by atoms with Crippen molar-refractivity contribution < 1.29 is 17.9 Å². The summed E-state index contributed by atoms with van der Waals surface area (Å²) in [5, 5.41) is 12.3. The number of nitrogens with one attached hydrogen (secondary N) is 1. The van der Waals surface area contributed by atoms with E-state index in [0.29, 0.717) is 30.2 Å². The number of pyridine rings is 1. The summed E-state index contributed by atoms with van der Waals surface area (Å²) >= 11 is 0. The average Bonchev–Trinajstić information content (AvgIpc) is 2.75. The number of hydrogen-bond donors (Lipinski definition) is 1. The van der Waals surface area contributed by atoms with Crippen LogP contribution in [0.4, 0.5) is 24.7 Å². The fourth-order valence-corrected chi connectivity index (χ4v) is 3.88. The first-order valence-electron chi connectivity index (χ1n) is 10.2. The Balaban J connectivity index is 1.71. The zero-order valence-corrected chi connectivity index (χ0v) is 17.6. The first kappa shape index (κ1) is 21.3. The molecule has 0 unspecified atom stereocenters. The Hall–Kier alpha value is -2.94. The Kier molecular flexibility index (Phi) is 5.95. The minimum absolute atomic E-state index is 0.138. The summed E-state index contributed by atoms with van der Waals surface area (Å²) in [5.41, 5.74) is 1.80. The first-order chi connectivity index (χ1) is 14.9. The van der Waals surface area contributed by atoms with E-state index >= 15 is 0 Å². The molecule has 1 N–H and O–H groups in total. The second-order valence-electron chi connectivity index (χ2n) is 7.76. The molecule has 0 saturated carbocycles. The van der Waals surface area contributed by atoms with Crippen LogP contribution in [-0.2, 0) is 4.74 Å². The van der Waals surface area contributed by atoms with Crippen LogP contribution >= 0.6 is 0 Å². The summed E-state index contributed by atoms with van der Waals surface area (Å²) < 4.78 is 46.3. The molecule has 1 aliphatic heterocycles. The molecule has 6 nitrogen and oxygen atoms in total. The molecule has 1 aromatic carbocycles. The van der Waals surface area contributed by atoms with Crippen LogP contribution in [-0.4, -0.2) is 41.0 Å². The molecular formula is C22H24F3N5O. The van der Waals surface area contributed by atoms with Gasteiger partial charge in [0.05, 0.1) is 47.9 Å². The molecule has 3 aromatic rings. The highest BCUT2D eigenvalue weighted by atomic mass is 19.3. The average molecular weight is 431 g/mol. The summed E-state index contributed by atoms with van der Waals surface area (Å²) in [4.78, 5) is 6.80. The van der Waals surface area contributed by atoms with Gasteiger partial charge in [-0.15, -0.1) is 5.10 Å². The van der Waals surface area contributed by atoms with Crippen LogP contribution in [0.2, 0.25) is 0 Å². The molecular weight excluding hydrogens is 407 g/mol. The number of aryl methyl sites for hydroxylation is 1. The zero-order chi connectivity index (χ0) is 22.1. The Bertz CT molecular complexity index is 1090. The zero-order valence-electron chi connectivity index (χ0n) is 17.6. The normalized spacial score (nSPS) is 17.9. The highest BCUT2D eigenvalue weighted by Crippen LogP contribution is 2.32. The van der Waals surface area contributed by atoms with E-state index in [2.05, 4.69) is 32.3 Å². The predicted octanol–water partition coefficient (Wildman–Crippen LogP) is 4.81. The Morgan fingerprint density at radius 3 is 2.74 bits per heavy atom. The van der Waals surface area contributed by atoms with Gasteiger partial charge in [0.25, 0.3) is 6.43 Å². The van der Waals surface area contributed by atoms with Gasteiger partial charge >= 0.3 is 0 Å². The van der Waals surface area contributed by atoms with Crippen molar-refractivity contribution in [3.8, 4) is 0 Å². The van der Waals surface area contributed by atoms with E-state index in [0.717, 1.165) is 23.7 Å². The van der Waals surface area contributed by atoms with Crippen LogP contribution in [0.15, 0.2) is 30.5 Å². The van der Waals surface area contributed by atoms with Crippen LogP contribution in [0.5, 0.6) is 0 Å². The highest BCUT2D eigenvalue weighted by Gasteiger charge is 2.23. The van der Waals surface area contributed by atoms with Gasteiger partial charge < -0.3 is 15.0 Å². The summed E-state index contributed by atoms with van der Waals surface area (Å²) in [6.07, 6.45) is -1.08. The van der Waals surface area contributed by atoms with E-state index in [-0.39, 0.29) is 11.6 Å². The molecule has 31 heavy (non-hydrogen) atoms. The van der Waals surface area contributed by atoms with E-state index in [1.165, 1.54) is 12.1 Å². The van der Waals surface area contributed by atoms with E-state index in [1.54, 1.807) is 13.1 Å². The largest absolute Gasteiger partial charge is 0.377 e. The number of alkyl halides is 2. The fourth-order valence-electron chi connectivity index (χ4n) is 3.88. The first-order valence-corrected chi connectivity index (χ1v) is 10.2. The maximum absolute atomic E-state index is 14.6. The van der Waals surface area contributed by atoms with E-state index in [9.17, 15) is 13.2 Å². The quantitative estimate of drug-likeness (QED) is 0.626. The predicted molar refractivity (Wildman–Crippen MR) is 113 cm³/mol. The third kappa shape index (κ3) is 4.14. The monoisotopic (exact) mass is 431 g/mol. The number of halogens is 3. The molecule has 0 amide bonds. The smallest absolute Gasteiger partial charge is 0.266 e. The number of nitrogens with zero attached hydrogens (tertiary/aromatic N) is 4. The minimum atomic E-state index is -2.88. The summed E-state index contributed by atoms with van der Waals surface area (Å²) in [6, 6.07) is 5.58. The van der Waals surface area contributed by atoms with Gasteiger partial charge in [-0.2, -0.15) is 5.10 Å². The maximum Gasteiger partial charge on any atom is 0.266 e. The Labute approximate surface area is 178 Å². The summed E-state index contributed by atoms with van der Waals surface area (Å²) in [6.45, 7) is 7.61. The van der Waals surface area contributed by atoms with Gasteiger partial charge in [0, 0.05) is 23.5 Å². The molecule has 0 bridgehead atoms. The van der Waals surface area contributed by atoms with Gasteiger partial charge in [-0.25, -0.2) is 13.2 Å². The maximum atomic E-state index is 14.6. The molecule has 1 aliphatic rings. The molecule has 0 aliphatic carbocycles. The van der Waals surface area contributed by atoms with Crippen molar-refractivity contribution in [1.29, 1.82) is 0 Å². The summed E-state index contributed by atoms with van der Waals surface area (Å²) in [7, 11) is 0. The number of aromatic nitrogens is 3. The standard InChI is InChI=1S/C22H24F3N5O/c1-12-11-31-8-7-30(12)15-9-18-20(26-10-15)14(3)28-29-22(18)27-13(2)16-5-4-6-17(19(16)23)21(24)25/h4-6,9-10,12-13,21H,7-8,11H2,1-3H3,(H,27,29)/t12-,13-/m1/s1. The number of anilines is 2. The second-order valence-corrected chi connectivity index (χ2v) is 7.76. The number of benzene rings is 1. The minimum Gasteiger partial charge on any atom is -0.377 e. The van der Waals surface area contributed by atoms with Gasteiger partial charge in [-0.1, -0.05) is 18.2 Å². The van der Waals surface area contributed by atoms with Gasteiger partial charge in [-0.3, -0.25) is 4.98 Å². The molecule has 1 fully saturated rings. The van der Waals surface area contributed by atoms with Gasteiger partial charge in [0.1, 0.15) is 5.82 Å². The Morgan fingerprint density at radius 2 is 2.00 bits per heavy atom. The van der Waals surface area contributed by atoms with Crippen LogP contribution in [0.3, 0.4) is 0 Å². The number of morpholine rings is 1. The van der Waals surface area contributed by atoms with Crippen molar-refractivity contribution in [2.45, 2.75) is 39.3 Å². The molecule has 2 atom stereocenters. The molecule has 3 heterocycles. The highest BCUT2D eigenvalue weighted by molar-refractivity contribution is 5.92. The number of rotatable bonds is 5. The molecule has 2 aromatic heterocycles. The SMILES string of the molecule is Cc1nnc(N[C@H](C)c2cccc(C(F)F)c2F)c2cc(N3CCOC[C@H]3C)cnc12. The number of ether oxygens (including phenoxy) is 1. The third-order valence-electron chi connectivity index (χ3n) is 5.58. The molecule has 0 spiro atoms. The number of fused-ring (bicyclic) bond motifs is 1. The van der Waals surface area contributed by atoms with E-state index < -0.39 is 23.8 Å². The van der Waals surface area contributed by atoms with Crippen molar-refractivity contribution >= 4 is 22.4 Å². The van der Waals surface area contributed by atoms with Gasteiger partial charge in [-0.05, 0) is 26.8 Å². The van der Waals surface area contributed by atoms with Crippen LogP contribution in [0.25, 0.3) is 10.9 Å². The lowest BCUT2D eigenvalue weighted by Crippen LogP contribution is -2.43. The molecule has 4 rings (SSSR count). The molecule has 9 heteroatoms. The van der Waals surface area contributed by atoms with Crippen LogP contribution in [0, 0.1) is 12.7 Å². The lowest BCUT2D eigenvalue weighted by Gasteiger charge is -2.35. The topological polar surface area (TPSA) is 63.2 Å². The van der Waals surface area contributed by atoms with E-state index in [1.807, 2.05) is 13.0 Å². The molecule has 1 saturated heterocycles. The van der Waals surface area contributed by atoms with Crippen LogP contribution in [0.1, 0.15) is 43.1 Å². The number of hydrogen-bond acceptors (Lipinski definition) is 6. The van der Waals surface area contributed by atoms with Gasteiger partial charge in [0.2, 0.25) is 0 Å². The van der Waals surface area contributed by atoms with Crippen molar-refractivity contribution in [2.75, 3.05) is 30.0 Å². The van der Waals surface area contributed by atoms with Crippen molar-refractivity contribution in [1.82, 2.24) is 15.2 Å². The van der Waals surface area contributed by atoms with Crippen LogP contribution < -0.4 is 10.2 Å².